The number of rotatable bonds is 3. The van der Waals surface area contributed by atoms with Gasteiger partial charge in [-0.2, -0.15) is 5.26 Å². The maximum Gasteiger partial charge on any atom is 0.0686 e. The number of nitrogens with zero attached hydrogens (tertiary/aromatic N) is 1. The summed E-state index contributed by atoms with van der Waals surface area (Å²) in [5.74, 6) is 0. The molecule has 0 aromatic carbocycles. The molecule has 0 radical (unpaired) electrons. The maximum absolute atomic E-state index is 8.67. The van der Waals surface area contributed by atoms with Gasteiger partial charge in [0.05, 0.1) is 11.5 Å². The van der Waals surface area contributed by atoms with E-state index in [-0.39, 0.29) is 5.41 Å². The SMILES string of the molecule is CC.CCCC(C)(C#N)CC. The minimum atomic E-state index is -0.0608. The summed E-state index contributed by atoms with van der Waals surface area (Å²) in [7, 11) is 0. The fourth-order valence-electron chi connectivity index (χ4n) is 0.864. The first-order valence-electron chi connectivity index (χ1n) is 4.59. The van der Waals surface area contributed by atoms with Crippen LogP contribution in [-0.2, 0) is 0 Å². The summed E-state index contributed by atoms with van der Waals surface area (Å²) in [5, 5.41) is 8.67. The van der Waals surface area contributed by atoms with Gasteiger partial charge in [0.15, 0.2) is 0 Å². The minimum absolute atomic E-state index is 0.0608. The Kier molecular flexibility index (Phi) is 9.05. The molecule has 0 aromatic rings. The second kappa shape index (κ2) is 7.60. The van der Waals surface area contributed by atoms with Crippen LogP contribution in [0.15, 0.2) is 0 Å². The lowest BCUT2D eigenvalue weighted by Gasteiger charge is -2.16. The van der Waals surface area contributed by atoms with Crippen molar-refractivity contribution in [2.75, 3.05) is 0 Å². The van der Waals surface area contributed by atoms with Crippen molar-refractivity contribution in [2.24, 2.45) is 5.41 Å². The van der Waals surface area contributed by atoms with E-state index < -0.39 is 0 Å². The zero-order valence-electron chi connectivity index (χ0n) is 8.57. The molecular weight excluding hydrogens is 134 g/mol. The Bertz CT molecular complexity index is 113. The minimum Gasteiger partial charge on any atom is -0.198 e. The van der Waals surface area contributed by atoms with Gasteiger partial charge in [-0.25, -0.2) is 0 Å². The highest BCUT2D eigenvalue weighted by molar-refractivity contribution is 4.93. The first-order chi connectivity index (χ1) is 5.18. The van der Waals surface area contributed by atoms with E-state index in [0.717, 1.165) is 19.3 Å². The highest BCUT2D eigenvalue weighted by Gasteiger charge is 2.18. The van der Waals surface area contributed by atoms with Gasteiger partial charge in [-0.1, -0.05) is 34.1 Å². The molecule has 11 heavy (non-hydrogen) atoms. The molecule has 0 spiro atoms. The predicted molar refractivity (Wildman–Crippen MR) is 50.3 cm³/mol. The molecule has 1 unspecified atom stereocenters. The van der Waals surface area contributed by atoms with Crippen LogP contribution in [0.25, 0.3) is 0 Å². The Labute approximate surface area is 71.4 Å². The molecule has 1 atom stereocenters. The van der Waals surface area contributed by atoms with Gasteiger partial charge in [0.2, 0.25) is 0 Å². The summed E-state index contributed by atoms with van der Waals surface area (Å²) < 4.78 is 0. The zero-order valence-corrected chi connectivity index (χ0v) is 8.57. The van der Waals surface area contributed by atoms with Crippen LogP contribution < -0.4 is 0 Å². The predicted octanol–water partition coefficient (Wildman–Crippen LogP) is 3.75. The van der Waals surface area contributed by atoms with Crippen LogP contribution in [0.2, 0.25) is 0 Å². The Morgan fingerprint density at radius 3 is 1.82 bits per heavy atom. The lowest BCUT2D eigenvalue weighted by atomic mass is 9.85. The first kappa shape index (κ1) is 13.1. The van der Waals surface area contributed by atoms with Crippen molar-refractivity contribution in [1.29, 1.82) is 5.26 Å². The van der Waals surface area contributed by atoms with Crippen molar-refractivity contribution >= 4 is 0 Å². The van der Waals surface area contributed by atoms with Crippen LogP contribution in [0.1, 0.15) is 53.9 Å². The molecule has 0 N–H and O–H groups in total. The van der Waals surface area contributed by atoms with Gasteiger partial charge in [-0.3, -0.25) is 0 Å². The zero-order chi connectivity index (χ0) is 9.33. The molecular formula is C10H21N. The average Bonchev–Trinajstić information content (AvgIpc) is 2.08. The van der Waals surface area contributed by atoms with Crippen LogP contribution in [0, 0.1) is 16.7 Å². The van der Waals surface area contributed by atoms with Gasteiger partial charge < -0.3 is 0 Å². The van der Waals surface area contributed by atoms with E-state index in [1.54, 1.807) is 0 Å². The molecule has 1 heteroatoms. The van der Waals surface area contributed by atoms with Crippen LogP contribution in [0.4, 0.5) is 0 Å². The molecule has 0 bridgehead atoms. The molecule has 1 nitrogen and oxygen atoms in total. The van der Waals surface area contributed by atoms with Crippen molar-refractivity contribution in [3.8, 4) is 6.07 Å². The summed E-state index contributed by atoms with van der Waals surface area (Å²) in [4.78, 5) is 0. The monoisotopic (exact) mass is 155 g/mol. The Morgan fingerprint density at radius 2 is 1.73 bits per heavy atom. The molecule has 0 saturated carbocycles. The van der Waals surface area contributed by atoms with Crippen molar-refractivity contribution < 1.29 is 0 Å². The van der Waals surface area contributed by atoms with E-state index in [1.165, 1.54) is 0 Å². The van der Waals surface area contributed by atoms with E-state index in [0.29, 0.717) is 0 Å². The average molecular weight is 155 g/mol. The van der Waals surface area contributed by atoms with E-state index in [9.17, 15) is 0 Å². The molecule has 0 aliphatic heterocycles. The van der Waals surface area contributed by atoms with E-state index in [4.69, 9.17) is 5.26 Å². The fourth-order valence-corrected chi connectivity index (χ4v) is 0.864. The third kappa shape index (κ3) is 5.91. The molecule has 0 amide bonds. The highest BCUT2D eigenvalue weighted by Crippen LogP contribution is 2.25. The molecule has 0 rings (SSSR count). The molecule has 0 aliphatic carbocycles. The molecule has 0 saturated heterocycles. The van der Waals surface area contributed by atoms with E-state index >= 15 is 0 Å². The second-order valence-corrected chi connectivity index (χ2v) is 2.78. The van der Waals surface area contributed by atoms with Crippen LogP contribution >= 0.6 is 0 Å². The highest BCUT2D eigenvalue weighted by atomic mass is 14.3. The van der Waals surface area contributed by atoms with Crippen molar-refractivity contribution in [2.45, 2.75) is 53.9 Å². The fraction of sp³-hybridized carbons (Fsp3) is 0.900. The Morgan fingerprint density at radius 1 is 1.27 bits per heavy atom. The third-order valence-corrected chi connectivity index (χ3v) is 1.85. The Balaban J connectivity index is 0. The van der Waals surface area contributed by atoms with E-state index in [1.807, 2.05) is 20.8 Å². The van der Waals surface area contributed by atoms with Crippen molar-refractivity contribution in [1.82, 2.24) is 0 Å². The standard InChI is InChI=1S/C8H15N.C2H6/c1-4-6-8(3,5-2)7-9;1-2/h4-6H2,1-3H3;1-2H3. The van der Waals surface area contributed by atoms with Crippen LogP contribution in [0.5, 0.6) is 0 Å². The molecule has 0 aliphatic rings. The van der Waals surface area contributed by atoms with E-state index in [2.05, 4.69) is 19.9 Å². The Hall–Kier alpha value is -0.510. The first-order valence-corrected chi connectivity index (χ1v) is 4.59. The topological polar surface area (TPSA) is 23.8 Å². The summed E-state index contributed by atoms with van der Waals surface area (Å²) in [5.41, 5.74) is -0.0608. The van der Waals surface area contributed by atoms with Crippen LogP contribution in [-0.4, -0.2) is 0 Å². The molecule has 0 fully saturated rings. The number of hydrogen-bond donors (Lipinski definition) is 0. The summed E-state index contributed by atoms with van der Waals surface area (Å²) in [6, 6.07) is 2.33. The quantitative estimate of drug-likeness (QED) is 0.609. The maximum atomic E-state index is 8.67. The van der Waals surface area contributed by atoms with Crippen molar-refractivity contribution in [3.05, 3.63) is 0 Å². The van der Waals surface area contributed by atoms with Gasteiger partial charge in [-0.15, -0.1) is 0 Å². The summed E-state index contributed by atoms with van der Waals surface area (Å²) in [6.07, 6.45) is 3.11. The molecule has 0 heterocycles. The normalized spacial score (nSPS) is 13.8. The lowest BCUT2D eigenvalue weighted by molar-refractivity contribution is 0.386. The number of hydrogen-bond acceptors (Lipinski definition) is 1. The van der Waals surface area contributed by atoms with Gasteiger partial charge in [0.25, 0.3) is 0 Å². The van der Waals surface area contributed by atoms with Crippen LogP contribution in [0.3, 0.4) is 0 Å². The van der Waals surface area contributed by atoms with Gasteiger partial charge in [-0.05, 0) is 19.8 Å². The van der Waals surface area contributed by atoms with Gasteiger partial charge in [0.1, 0.15) is 0 Å². The summed E-state index contributed by atoms with van der Waals surface area (Å²) in [6.45, 7) is 10.2. The summed E-state index contributed by atoms with van der Waals surface area (Å²) >= 11 is 0. The largest absolute Gasteiger partial charge is 0.198 e. The van der Waals surface area contributed by atoms with Crippen molar-refractivity contribution in [3.63, 3.8) is 0 Å². The van der Waals surface area contributed by atoms with Gasteiger partial charge >= 0.3 is 0 Å². The molecule has 66 valence electrons. The molecule has 0 aromatic heterocycles. The number of nitriles is 1. The third-order valence-electron chi connectivity index (χ3n) is 1.85. The lowest BCUT2D eigenvalue weighted by Crippen LogP contribution is -2.10. The smallest absolute Gasteiger partial charge is 0.0686 e. The second-order valence-electron chi connectivity index (χ2n) is 2.78. The van der Waals surface area contributed by atoms with Gasteiger partial charge in [0, 0.05) is 0 Å².